The molecular formula is C22H20N4O2. The first-order chi connectivity index (χ1) is 13.6. The molecule has 0 aliphatic rings. The molecule has 0 atom stereocenters. The highest BCUT2D eigenvalue weighted by Crippen LogP contribution is 2.22. The number of carbonyl (C=O) groups excluding carboxylic acids is 1. The lowest BCUT2D eigenvalue weighted by molar-refractivity contribution is 0.0785. The minimum absolute atomic E-state index is 0.0278. The Kier molecular flexibility index (Phi) is 4.76. The van der Waals surface area contributed by atoms with Gasteiger partial charge in [0.15, 0.2) is 0 Å². The largest absolute Gasteiger partial charge is 0.497 e. The molecule has 0 aliphatic heterocycles. The van der Waals surface area contributed by atoms with E-state index >= 15 is 0 Å². The molecule has 0 aliphatic carbocycles. The molecule has 0 unspecified atom stereocenters. The van der Waals surface area contributed by atoms with Gasteiger partial charge in [-0.3, -0.25) is 4.79 Å². The van der Waals surface area contributed by atoms with Crippen molar-refractivity contribution in [3.63, 3.8) is 0 Å². The van der Waals surface area contributed by atoms with E-state index in [0.717, 1.165) is 27.8 Å². The lowest BCUT2D eigenvalue weighted by Gasteiger charge is -2.18. The number of rotatable bonds is 5. The second-order valence-corrected chi connectivity index (χ2v) is 6.60. The van der Waals surface area contributed by atoms with Crippen LogP contribution in [0, 0.1) is 0 Å². The molecule has 140 valence electrons. The van der Waals surface area contributed by atoms with Crippen LogP contribution in [0.15, 0.2) is 73.3 Å². The van der Waals surface area contributed by atoms with E-state index in [0.29, 0.717) is 12.1 Å². The van der Waals surface area contributed by atoms with Gasteiger partial charge in [-0.1, -0.05) is 18.2 Å². The number of hydrogen-bond acceptors (Lipinski definition) is 4. The maximum Gasteiger partial charge on any atom is 0.253 e. The summed E-state index contributed by atoms with van der Waals surface area (Å²) in [6.07, 6.45) is 3.10. The van der Waals surface area contributed by atoms with E-state index in [-0.39, 0.29) is 5.91 Å². The van der Waals surface area contributed by atoms with Crippen molar-refractivity contribution in [3.05, 3.63) is 84.4 Å². The van der Waals surface area contributed by atoms with Gasteiger partial charge in [0, 0.05) is 19.2 Å². The Morgan fingerprint density at radius 3 is 2.50 bits per heavy atom. The van der Waals surface area contributed by atoms with Gasteiger partial charge in [0.25, 0.3) is 5.91 Å². The highest BCUT2D eigenvalue weighted by atomic mass is 16.5. The molecule has 4 rings (SSSR count). The molecule has 4 aromatic rings. The van der Waals surface area contributed by atoms with E-state index < -0.39 is 0 Å². The van der Waals surface area contributed by atoms with Crippen LogP contribution in [0.5, 0.6) is 5.75 Å². The lowest BCUT2D eigenvalue weighted by Crippen LogP contribution is -2.26. The molecule has 1 aromatic heterocycles. The fourth-order valence-corrected chi connectivity index (χ4v) is 3.16. The maximum atomic E-state index is 12.8. The van der Waals surface area contributed by atoms with E-state index in [1.807, 2.05) is 55.6 Å². The van der Waals surface area contributed by atoms with Gasteiger partial charge >= 0.3 is 0 Å². The summed E-state index contributed by atoms with van der Waals surface area (Å²) in [6, 6.07) is 19.5. The maximum absolute atomic E-state index is 12.8. The molecule has 0 fully saturated rings. The highest BCUT2D eigenvalue weighted by molar-refractivity contribution is 5.94. The van der Waals surface area contributed by atoms with Gasteiger partial charge in [0.2, 0.25) is 0 Å². The topological polar surface area (TPSA) is 60.2 Å². The van der Waals surface area contributed by atoms with E-state index in [2.05, 4.69) is 22.2 Å². The van der Waals surface area contributed by atoms with Crippen LogP contribution in [0.25, 0.3) is 16.5 Å². The van der Waals surface area contributed by atoms with E-state index in [9.17, 15) is 4.79 Å². The molecular weight excluding hydrogens is 352 g/mol. The highest BCUT2D eigenvalue weighted by Gasteiger charge is 2.13. The molecule has 0 spiro atoms. The fourth-order valence-electron chi connectivity index (χ4n) is 3.16. The van der Waals surface area contributed by atoms with Crippen LogP contribution < -0.4 is 4.74 Å². The Balaban J connectivity index is 1.49. The number of carbonyl (C=O) groups is 1. The number of aromatic nitrogens is 3. The molecule has 0 N–H and O–H groups in total. The summed E-state index contributed by atoms with van der Waals surface area (Å²) >= 11 is 0. The molecule has 0 radical (unpaired) electrons. The standard InChI is InChI=1S/C22H20N4O2/c1-25(13-16-3-4-19-12-21(28-2)10-7-18(19)11-16)22(27)17-5-8-20(9-6-17)26-15-23-14-24-26/h3-12,14-15H,13H2,1-2H3. The van der Waals surface area contributed by atoms with Crippen molar-refractivity contribution in [1.29, 1.82) is 0 Å². The number of ether oxygens (including phenoxy) is 1. The summed E-state index contributed by atoms with van der Waals surface area (Å²) in [7, 11) is 3.47. The lowest BCUT2D eigenvalue weighted by atomic mass is 10.1. The summed E-state index contributed by atoms with van der Waals surface area (Å²) < 4.78 is 6.92. The SMILES string of the molecule is COc1ccc2cc(CN(C)C(=O)c3ccc(-n4cncn4)cc3)ccc2c1. The first kappa shape index (κ1) is 17.7. The third-order valence-corrected chi connectivity index (χ3v) is 4.68. The summed E-state index contributed by atoms with van der Waals surface area (Å²) in [5.74, 6) is 0.807. The molecule has 6 heteroatoms. The minimum atomic E-state index is -0.0278. The monoisotopic (exact) mass is 372 g/mol. The van der Waals surface area contributed by atoms with Crippen LogP contribution in [-0.4, -0.2) is 39.7 Å². The zero-order valence-corrected chi connectivity index (χ0v) is 15.7. The third-order valence-electron chi connectivity index (χ3n) is 4.68. The quantitative estimate of drug-likeness (QED) is 0.536. The Hall–Kier alpha value is -3.67. The van der Waals surface area contributed by atoms with Gasteiger partial charge in [0.05, 0.1) is 12.8 Å². The van der Waals surface area contributed by atoms with Crippen LogP contribution in [0.1, 0.15) is 15.9 Å². The Morgan fingerprint density at radius 1 is 1.04 bits per heavy atom. The summed E-state index contributed by atoms with van der Waals surface area (Å²) in [5.41, 5.74) is 2.58. The van der Waals surface area contributed by atoms with Crippen molar-refractivity contribution >= 4 is 16.7 Å². The average molecular weight is 372 g/mol. The van der Waals surface area contributed by atoms with Gasteiger partial charge in [-0.05, 0) is 58.8 Å². The molecule has 28 heavy (non-hydrogen) atoms. The Bertz CT molecular complexity index is 1110. The van der Waals surface area contributed by atoms with Crippen LogP contribution in [0.4, 0.5) is 0 Å². The molecule has 1 heterocycles. The van der Waals surface area contributed by atoms with Crippen LogP contribution in [0.3, 0.4) is 0 Å². The van der Waals surface area contributed by atoms with Gasteiger partial charge < -0.3 is 9.64 Å². The van der Waals surface area contributed by atoms with Crippen molar-refractivity contribution in [2.75, 3.05) is 14.2 Å². The van der Waals surface area contributed by atoms with Gasteiger partial charge in [-0.2, -0.15) is 5.10 Å². The first-order valence-corrected chi connectivity index (χ1v) is 8.91. The fraction of sp³-hybridized carbons (Fsp3) is 0.136. The third kappa shape index (κ3) is 3.57. The Morgan fingerprint density at radius 2 is 1.79 bits per heavy atom. The minimum Gasteiger partial charge on any atom is -0.497 e. The number of nitrogens with zero attached hydrogens (tertiary/aromatic N) is 4. The number of methoxy groups -OCH3 is 1. The number of benzene rings is 3. The molecule has 3 aromatic carbocycles. The van der Waals surface area contributed by atoms with Gasteiger partial charge in [-0.25, -0.2) is 9.67 Å². The molecule has 0 saturated heterocycles. The van der Waals surface area contributed by atoms with Crippen LogP contribution >= 0.6 is 0 Å². The zero-order valence-electron chi connectivity index (χ0n) is 15.7. The average Bonchev–Trinajstić information content (AvgIpc) is 3.28. The summed E-state index contributed by atoms with van der Waals surface area (Å²) in [5, 5.41) is 6.32. The van der Waals surface area contributed by atoms with E-state index in [1.54, 1.807) is 23.0 Å². The van der Waals surface area contributed by atoms with Crippen molar-refractivity contribution in [2.24, 2.45) is 0 Å². The number of fused-ring (bicyclic) bond motifs is 1. The van der Waals surface area contributed by atoms with Crippen LogP contribution in [-0.2, 0) is 6.54 Å². The predicted octanol–water partition coefficient (Wildman–Crippen LogP) is 3.70. The van der Waals surface area contributed by atoms with E-state index in [4.69, 9.17) is 4.74 Å². The second-order valence-electron chi connectivity index (χ2n) is 6.60. The number of amides is 1. The Labute approximate surface area is 163 Å². The van der Waals surface area contributed by atoms with Crippen molar-refractivity contribution in [3.8, 4) is 11.4 Å². The second kappa shape index (κ2) is 7.52. The summed E-state index contributed by atoms with van der Waals surface area (Å²) in [6.45, 7) is 0.533. The van der Waals surface area contributed by atoms with Crippen molar-refractivity contribution < 1.29 is 9.53 Å². The van der Waals surface area contributed by atoms with Crippen LogP contribution in [0.2, 0.25) is 0 Å². The van der Waals surface area contributed by atoms with E-state index in [1.165, 1.54) is 6.33 Å². The van der Waals surface area contributed by atoms with Crippen molar-refractivity contribution in [2.45, 2.75) is 6.54 Å². The molecule has 0 bridgehead atoms. The van der Waals surface area contributed by atoms with Gasteiger partial charge in [-0.15, -0.1) is 0 Å². The van der Waals surface area contributed by atoms with Gasteiger partial charge in [0.1, 0.15) is 18.4 Å². The molecule has 6 nitrogen and oxygen atoms in total. The normalized spacial score (nSPS) is 10.8. The molecule has 1 amide bonds. The zero-order chi connectivity index (χ0) is 19.5. The first-order valence-electron chi connectivity index (χ1n) is 8.91. The summed E-state index contributed by atoms with van der Waals surface area (Å²) in [4.78, 5) is 18.4. The molecule has 0 saturated carbocycles. The predicted molar refractivity (Wildman–Crippen MR) is 108 cm³/mol. The number of hydrogen-bond donors (Lipinski definition) is 0. The van der Waals surface area contributed by atoms with Crippen molar-refractivity contribution in [1.82, 2.24) is 19.7 Å². The smallest absolute Gasteiger partial charge is 0.253 e.